The Balaban J connectivity index is 1.26. The number of nitrogens with two attached hydrogens (primary N) is 1. The number of sulfonamides is 1. The first kappa shape index (κ1) is 20.4. The van der Waals surface area contributed by atoms with Gasteiger partial charge in [0.15, 0.2) is 0 Å². The van der Waals surface area contributed by atoms with Crippen molar-refractivity contribution in [2.75, 3.05) is 0 Å². The van der Waals surface area contributed by atoms with Gasteiger partial charge in [-0.3, -0.25) is 10.1 Å². The van der Waals surface area contributed by atoms with Gasteiger partial charge in [0.1, 0.15) is 16.4 Å². The smallest absolute Gasteiger partial charge is 0.243 e. The van der Waals surface area contributed by atoms with Crippen LogP contribution in [0, 0.1) is 5.41 Å². The molecule has 5 rings (SSSR count). The molecule has 0 unspecified atom stereocenters. The van der Waals surface area contributed by atoms with Crippen LogP contribution in [0.5, 0.6) is 0 Å². The molecule has 0 saturated heterocycles. The van der Waals surface area contributed by atoms with Crippen LogP contribution in [-0.2, 0) is 23.1 Å². The number of amidine groups is 1. The predicted octanol–water partition coefficient (Wildman–Crippen LogP) is 2.22. The van der Waals surface area contributed by atoms with Crippen LogP contribution in [0.15, 0.2) is 66.1 Å². The van der Waals surface area contributed by atoms with Gasteiger partial charge >= 0.3 is 0 Å². The van der Waals surface area contributed by atoms with E-state index in [1.54, 1.807) is 28.9 Å². The summed E-state index contributed by atoms with van der Waals surface area (Å²) < 4.78 is 31.5. The lowest BCUT2D eigenvalue weighted by Gasteiger charge is -2.06. The summed E-state index contributed by atoms with van der Waals surface area (Å²) in [7, 11) is -3.72. The van der Waals surface area contributed by atoms with E-state index in [4.69, 9.17) is 11.1 Å². The van der Waals surface area contributed by atoms with Gasteiger partial charge < -0.3 is 10.1 Å². The van der Waals surface area contributed by atoms with Crippen LogP contribution >= 0.6 is 0 Å². The second-order valence-electron chi connectivity index (χ2n) is 8.04. The van der Waals surface area contributed by atoms with Crippen molar-refractivity contribution in [1.29, 1.82) is 5.41 Å². The zero-order chi connectivity index (χ0) is 22.3. The minimum atomic E-state index is -3.72. The first-order valence-electron chi connectivity index (χ1n) is 10.3. The van der Waals surface area contributed by atoms with Gasteiger partial charge in [-0.05, 0) is 36.0 Å². The summed E-state index contributed by atoms with van der Waals surface area (Å²) in [5.74, 6) is 0.641. The number of aromatic nitrogens is 4. The SMILES string of the molecule is N=C(N)c1ccc(CNS(=O)(=O)c2cnn(Cc3cn4cc(C5CC5)ccc4n3)c2)cc1. The van der Waals surface area contributed by atoms with E-state index in [1.807, 2.05) is 16.7 Å². The van der Waals surface area contributed by atoms with E-state index in [2.05, 4.69) is 27.1 Å². The van der Waals surface area contributed by atoms with E-state index in [0.29, 0.717) is 18.0 Å². The molecule has 0 aliphatic heterocycles. The molecule has 0 bridgehead atoms. The standard InChI is InChI=1S/C22H23N7O2S/c23-22(24)17-3-1-15(2-4-17)9-26-32(30,31)20-10-25-29(14-20)13-19-12-28-11-18(16-5-6-16)7-8-21(28)27-19/h1-4,7-8,10-12,14,16,26H,5-6,9,13H2,(H3,23,24). The van der Waals surface area contributed by atoms with Crippen molar-refractivity contribution in [2.45, 2.75) is 36.7 Å². The van der Waals surface area contributed by atoms with Crippen LogP contribution in [-0.4, -0.2) is 33.4 Å². The van der Waals surface area contributed by atoms with Gasteiger partial charge in [0.05, 0.1) is 18.4 Å². The summed E-state index contributed by atoms with van der Waals surface area (Å²) in [6.45, 7) is 0.504. The lowest BCUT2D eigenvalue weighted by Crippen LogP contribution is -2.23. The molecule has 1 fully saturated rings. The maximum atomic E-state index is 12.7. The largest absolute Gasteiger partial charge is 0.384 e. The van der Waals surface area contributed by atoms with Crippen molar-refractivity contribution in [3.8, 4) is 0 Å². The van der Waals surface area contributed by atoms with E-state index < -0.39 is 10.0 Å². The lowest BCUT2D eigenvalue weighted by molar-refractivity contribution is 0.581. The fraction of sp³-hybridized carbons (Fsp3) is 0.227. The van der Waals surface area contributed by atoms with Gasteiger partial charge in [-0.1, -0.05) is 30.3 Å². The molecule has 1 saturated carbocycles. The van der Waals surface area contributed by atoms with Crippen molar-refractivity contribution in [2.24, 2.45) is 5.73 Å². The molecule has 1 aliphatic rings. The van der Waals surface area contributed by atoms with Crippen molar-refractivity contribution in [3.05, 3.63) is 83.6 Å². The van der Waals surface area contributed by atoms with Gasteiger partial charge in [-0.15, -0.1) is 0 Å². The maximum absolute atomic E-state index is 12.7. The molecule has 9 nitrogen and oxygen atoms in total. The Hall–Kier alpha value is -3.50. The van der Waals surface area contributed by atoms with E-state index in [0.717, 1.165) is 16.9 Å². The molecule has 3 aromatic heterocycles. The summed E-state index contributed by atoms with van der Waals surface area (Å²) >= 11 is 0. The fourth-order valence-corrected chi connectivity index (χ4v) is 4.57. The highest BCUT2D eigenvalue weighted by Crippen LogP contribution is 2.39. The predicted molar refractivity (Wildman–Crippen MR) is 120 cm³/mol. The number of hydrogen-bond acceptors (Lipinski definition) is 5. The van der Waals surface area contributed by atoms with Crippen LogP contribution in [0.3, 0.4) is 0 Å². The number of nitrogen functional groups attached to an aromatic ring is 1. The van der Waals surface area contributed by atoms with E-state index >= 15 is 0 Å². The summed E-state index contributed by atoms with van der Waals surface area (Å²) in [6.07, 6.45) is 9.41. The third-order valence-electron chi connectivity index (χ3n) is 5.55. The Bertz CT molecular complexity index is 1400. The summed E-state index contributed by atoms with van der Waals surface area (Å²) in [6, 6.07) is 11.0. The third-order valence-corrected chi connectivity index (χ3v) is 6.90. The summed E-state index contributed by atoms with van der Waals surface area (Å²) in [4.78, 5) is 4.70. The molecular formula is C22H23N7O2S. The van der Waals surface area contributed by atoms with Crippen molar-refractivity contribution in [3.63, 3.8) is 0 Å². The fourth-order valence-electron chi connectivity index (χ4n) is 3.60. The number of hydrogen-bond donors (Lipinski definition) is 3. The number of benzene rings is 1. The molecular weight excluding hydrogens is 426 g/mol. The van der Waals surface area contributed by atoms with Crippen molar-refractivity contribution >= 4 is 21.5 Å². The van der Waals surface area contributed by atoms with Crippen molar-refractivity contribution < 1.29 is 8.42 Å². The van der Waals surface area contributed by atoms with Crippen molar-refractivity contribution in [1.82, 2.24) is 23.9 Å². The number of pyridine rings is 1. The quantitative estimate of drug-likeness (QED) is 0.280. The van der Waals surface area contributed by atoms with E-state index in [9.17, 15) is 8.42 Å². The number of imidazole rings is 1. The number of fused-ring (bicyclic) bond motifs is 1. The highest BCUT2D eigenvalue weighted by atomic mass is 32.2. The molecule has 164 valence electrons. The second kappa shape index (κ2) is 7.88. The zero-order valence-electron chi connectivity index (χ0n) is 17.3. The first-order chi connectivity index (χ1) is 15.4. The number of nitrogens with one attached hydrogen (secondary N) is 2. The molecule has 0 atom stereocenters. The molecule has 3 heterocycles. The summed E-state index contributed by atoms with van der Waals surface area (Å²) in [5, 5.41) is 11.6. The Morgan fingerprint density at radius 3 is 2.62 bits per heavy atom. The highest BCUT2D eigenvalue weighted by Gasteiger charge is 2.24. The molecule has 1 aromatic carbocycles. The van der Waals surface area contributed by atoms with Crippen LogP contribution in [0.1, 0.15) is 41.1 Å². The van der Waals surface area contributed by atoms with Crippen LogP contribution in [0.4, 0.5) is 0 Å². The van der Waals surface area contributed by atoms with Crippen LogP contribution in [0.2, 0.25) is 0 Å². The van der Waals surface area contributed by atoms with Gasteiger partial charge in [0.25, 0.3) is 0 Å². The average Bonchev–Trinajstić information content (AvgIpc) is 3.38. The molecule has 0 spiro atoms. The molecule has 0 radical (unpaired) electrons. The van der Waals surface area contributed by atoms with E-state index in [-0.39, 0.29) is 17.3 Å². The van der Waals surface area contributed by atoms with Crippen LogP contribution in [0.25, 0.3) is 5.65 Å². The van der Waals surface area contributed by atoms with Gasteiger partial charge in [0, 0.05) is 30.7 Å². The van der Waals surface area contributed by atoms with Gasteiger partial charge in [-0.2, -0.15) is 5.10 Å². The Labute approximate surface area is 185 Å². The minimum Gasteiger partial charge on any atom is -0.384 e. The topological polar surface area (TPSA) is 131 Å². The van der Waals surface area contributed by atoms with Gasteiger partial charge in [0.2, 0.25) is 10.0 Å². The van der Waals surface area contributed by atoms with E-state index in [1.165, 1.54) is 30.8 Å². The van der Waals surface area contributed by atoms with Crippen LogP contribution < -0.4 is 10.5 Å². The highest BCUT2D eigenvalue weighted by molar-refractivity contribution is 7.89. The zero-order valence-corrected chi connectivity index (χ0v) is 18.1. The second-order valence-corrected chi connectivity index (χ2v) is 9.81. The molecule has 4 N–H and O–H groups in total. The Morgan fingerprint density at radius 2 is 1.91 bits per heavy atom. The third kappa shape index (κ3) is 4.27. The number of rotatable bonds is 8. The van der Waals surface area contributed by atoms with Gasteiger partial charge in [-0.25, -0.2) is 18.1 Å². The Morgan fingerprint density at radius 1 is 1.12 bits per heavy atom. The maximum Gasteiger partial charge on any atom is 0.243 e. The molecule has 1 aliphatic carbocycles. The first-order valence-corrected chi connectivity index (χ1v) is 11.8. The summed E-state index contributed by atoms with van der Waals surface area (Å²) in [5.41, 5.74) is 9.80. The Kier molecular flexibility index (Phi) is 5.03. The number of nitrogens with zero attached hydrogens (tertiary/aromatic N) is 4. The lowest BCUT2D eigenvalue weighted by atomic mass is 10.1. The molecule has 10 heteroatoms. The normalized spacial score (nSPS) is 14.1. The minimum absolute atomic E-state index is 0.0292. The molecule has 32 heavy (non-hydrogen) atoms. The monoisotopic (exact) mass is 449 g/mol. The molecule has 0 amide bonds. The molecule has 4 aromatic rings. The average molecular weight is 450 g/mol.